The SMILES string of the molecule is CC1C=CCC(CCc2ccccn2)O1. The second-order valence-electron chi connectivity index (χ2n) is 3.99. The number of ether oxygens (including phenoxy) is 1. The van der Waals surface area contributed by atoms with Crippen molar-refractivity contribution in [2.24, 2.45) is 0 Å². The Labute approximate surface area is 91.0 Å². The number of pyridine rings is 1. The maximum atomic E-state index is 5.79. The van der Waals surface area contributed by atoms with E-state index in [2.05, 4.69) is 30.1 Å². The molecule has 1 aromatic heterocycles. The maximum absolute atomic E-state index is 5.79. The molecule has 1 aromatic rings. The van der Waals surface area contributed by atoms with E-state index >= 15 is 0 Å². The fourth-order valence-electron chi connectivity index (χ4n) is 1.87. The Bertz CT molecular complexity index is 321. The third kappa shape index (κ3) is 3.17. The van der Waals surface area contributed by atoms with Gasteiger partial charge in [0.15, 0.2) is 0 Å². The summed E-state index contributed by atoms with van der Waals surface area (Å²) in [6, 6.07) is 6.06. The number of rotatable bonds is 3. The van der Waals surface area contributed by atoms with Crippen molar-refractivity contribution < 1.29 is 4.74 Å². The third-order valence-electron chi connectivity index (χ3n) is 2.66. The van der Waals surface area contributed by atoms with Crippen LogP contribution in [0.3, 0.4) is 0 Å². The van der Waals surface area contributed by atoms with Gasteiger partial charge in [-0.15, -0.1) is 0 Å². The summed E-state index contributed by atoms with van der Waals surface area (Å²) in [5.74, 6) is 0. The monoisotopic (exact) mass is 203 g/mol. The van der Waals surface area contributed by atoms with Gasteiger partial charge in [0.2, 0.25) is 0 Å². The smallest absolute Gasteiger partial charge is 0.0731 e. The van der Waals surface area contributed by atoms with Gasteiger partial charge in [0.05, 0.1) is 12.2 Å². The minimum absolute atomic E-state index is 0.271. The van der Waals surface area contributed by atoms with Crippen molar-refractivity contribution in [2.75, 3.05) is 0 Å². The minimum atomic E-state index is 0.271. The van der Waals surface area contributed by atoms with Crippen molar-refractivity contribution in [3.8, 4) is 0 Å². The number of aromatic nitrogens is 1. The first-order valence-corrected chi connectivity index (χ1v) is 5.56. The summed E-state index contributed by atoms with van der Waals surface area (Å²) in [6.45, 7) is 2.09. The van der Waals surface area contributed by atoms with E-state index in [1.807, 2.05) is 18.3 Å². The van der Waals surface area contributed by atoms with E-state index in [1.54, 1.807) is 0 Å². The lowest BCUT2D eigenvalue weighted by Gasteiger charge is -2.23. The van der Waals surface area contributed by atoms with Crippen LogP contribution in [0.1, 0.15) is 25.5 Å². The van der Waals surface area contributed by atoms with Gasteiger partial charge < -0.3 is 4.74 Å². The van der Waals surface area contributed by atoms with Crippen LogP contribution in [0, 0.1) is 0 Å². The number of hydrogen-bond donors (Lipinski definition) is 0. The second kappa shape index (κ2) is 5.08. The van der Waals surface area contributed by atoms with Gasteiger partial charge in [-0.2, -0.15) is 0 Å². The summed E-state index contributed by atoms with van der Waals surface area (Å²) >= 11 is 0. The molecule has 2 heteroatoms. The van der Waals surface area contributed by atoms with Crippen LogP contribution >= 0.6 is 0 Å². The highest BCUT2D eigenvalue weighted by Gasteiger charge is 2.14. The summed E-state index contributed by atoms with van der Waals surface area (Å²) in [5.41, 5.74) is 1.16. The van der Waals surface area contributed by atoms with E-state index in [0.717, 1.165) is 25.0 Å². The van der Waals surface area contributed by atoms with E-state index in [1.165, 1.54) is 0 Å². The molecule has 0 radical (unpaired) electrons. The zero-order valence-electron chi connectivity index (χ0n) is 9.10. The molecule has 0 bridgehead atoms. The topological polar surface area (TPSA) is 22.1 Å². The van der Waals surface area contributed by atoms with Gasteiger partial charge in [0.1, 0.15) is 0 Å². The van der Waals surface area contributed by atoms with Gasteiger partial charge in [-0.05, 0) is 38.3 Å². The van der Waals surface area contributed by atoms with Crippen molar-refractivity contribution in [1.29, 1.82) is 0 Å². The van der Waals surface area contributed by atoms with Crippen molar-refractivity contribution in [1.82, 2.24) is 4.98 Å². The Balaban J connectivity index is 1.81. The van der Waals surface area contributed by atoms with Crippen LogP contribution in [0.4, 0.5) is 0 Å². The largest absolute Gasteiger partial charge is 0.371 e. The molecule has 2 nitrogen and oxygen atoms in total. The predicted octanol–water partition coefficient (Wildman–Crippen LogP) is 2.75. The van der Waals surface area contributed by atoms with Crippen LogP contribution in [0.2, 0.25) is 0 Å². The Hall–Kier alpha value is -1.15. The summed E-state index contributed by atoms with van der Waals surface area (Å²) in [5, 5.41) is 0. The van der Waals surface area contributed by atoms with Crippen molar-refractivity contribution >= 4 is 0 Å². The van der Waals surface area contributed by atoms with Gasteiger partial charge >= 0.3 is 0 Å². The van der Waals surface area contributed by atoms with Crippen LogP contribution in [-0.4, -0.2) is 17.2 Å². The van der Waals surface area contributed by atoms with Crippen molar-refractivity contribution in [2.45, 2.75) is 38.4 Å². The molecule has 15 heavy (non-hydrogen) atoms. The first-order chi connectivity index (χ1) is 7.34. The number of aryl methyl sites for hydroxylation is 1. The quantitative estimate of drug-likeness (QED) is 0.705. The molecule has 2 rings (SSSR count). The predicted molar refractivity (Wildman–Crippen MR) is 60.7 cm³/mol. The molecule has 0 fully saturated rings. The Morgan fingerprint density at radius 2 is 2.40 bits per heavy atom. The molecular formula is C13H17NO. The first kappa shape index (κ1) is 10.4. The van der Waals surface area contributed by atoms with Crippen molar-refractivity contribution in [3.63, 3.8) is 0 Å². The molecule has 0 saturated heterocycles. The molecular weight excluding hydrogens is 186 g/mol. The summed E-state index contributed by atoms with van der Waals surface area (Å²) in [7, 11) is 0. The van der Waals surface area contributed by atoms with Crippen LogP contribution in [-0.2, 0) is 11.2 Å². The van der Waals surface area contributed by atoms with Crippen LogP contribution < -0.4 is 0 Å². The molecule has 0 aliphatic carbocycles. The Morgan fingerprint density at radius 1 is 1.47 bits per heavy atom. The molecule has 80 valence electrons. The number of nitrogens with zero attached hydrogens (tertiary/aromatic N) is 1. The van der Waals surface area contributed by atoms with Gasteiger partial charge in [0.25, 0.3) is 0 Å². The summed E-state index contributed by atoms with van der Waals surface area (Å²) in [4.78, 5) is 4.31. The molecule has 0 saturated carbocycles. The Morgan fingerprint density at radius 3 is 3.13 bits per heavy atom. The summed E-state index contributed by atoms with van der Waals surface area (Å²) in [6.07, 6.45) is 9.93. The lowest BCUT2D eigenvalue weighted by atomic mass is 10.1. The van der Waals surface area contributed by atoms with Gasteiger partial charge in [-0.1, -0.05) is 18.2 Å². The lowest BCUT2D eigenvalue weighted by Crippen LogP contribution is -2.22. The fraction of sp³-hybridized carbons (Fsp3) is 0.462. The van der Waals surface area contributed by atoms with Crippen LogP contribution in [0.5, 0.6) is 0 Å². The molecule has 0 spiro atoms. The van der Waals surface area contributed by atoms with Gasteiger partial charge in [0, 0.05) is 11.9 Å². The normalized spacial score (nSPS) is 25.4. The van der Waals surface area contributed by atoms with Crippen molar-refractivity contribution in [3.05, 3.63) is 42.2 Å². The highest BCUT2D eigenvalue weighted by molar-refractivity contribution is 5.04. The molecule has 0 N–H and O–H groups in total. The average Bonchev–Trinajstić information content (AvgIpc) is 2.28. The Kier molecular flexibility index (Phi) is 3.51. The standard InChI is InChI=1S/C13H17NO/c1-11-5-4-7-13(15-11)9-8-12-6-2-3-10-14-12/h2-6,10-11,13H,7-9H2,1H3. The zero-order chi connectivity index (χ0) is 10.5. The first-order valence-electron chi connectivity index (χ1n) is 5.56. The van der Waals surface area contributed by atoms with Crippen LogP contribution in [0.15, 0.2) is 36.5 Å². The van der Waals surface area contributed by atoms with E-state index in [-0.39, 0.29) is 6.10 Å². The average molecular weight is 203 g/mol. The van der Waals surface area contributed by atoms with Gasteiger partial charge in [-0.3, -0.25) is 4.98 Å². The maximum Gasteiger partial charge on any atom is 0.0731 e. The molecule has 2 heterocycles. The third-order valence-corrected chi connectivity index (χ3v) is 2.66. The molecule has 1 aliphatic rings. The van der Waals surface area contributed by atoms with Crippen LogP contribution in [0.25, 0.3) is 0 Å². The highest BCUT2D eigenvalue weighted by Crippen LogP contribution is 2.16. The van der Waals surface area contributed by atoms with E-state index < -0.39 is 0 Å². The van der Waals surface area contributed by atoms with E-state index in [4.69, 9.17) is 4.74 Å². The molecule has 0 amide bonds. The molecule has 2 atom stereocenters. The lowest BCUT2D eigenvalue weighted by molar-refractivity contribution is 0.0111. The molecule has 0 aromatic carbocycles. The summed E-state index contributed by atoms with van der Waals surface area (Å²) < 4.78 is 5.79. The zero-order valence-corrected chi connectivity index (χ0v) is 9.10. The fourth-order valence-corrected chi connectivity index (χ4v) is 1.87. The minimum Gasteiger partial charge on any atom is -0.371 e. The highest BCUT2D eigenvalue weighted by atomic mass is 16.5. The van der Waals surface area contributed by atoms with E-state index in [9.17, 15) is 0 Å². The number of hydrogen-bond acceptors (Lipinski definition) is 2. The van der Waals surface area contributed by atoms with E-state index in [0.29, 0.717) is 6.10 Å². The molecule has 2 unspecified atom stereocenters. The molecule has 1 aliphatic heterocycles. The second-order valence-corrected chi connectivity index (χ2v) is 3.99. The van der Waals surface area contributed by atoms with Gasteiger partial charge in [-0.25, -0.2) is 0 Å².